The molecule has 0 saturated carbocycles. The summed E-state index contributed by atoms with van der Waals surface area (Å²) in [6.07, 6.45) is 0. The van der Waals surface area contributed by atoms with Gasteiger partial charge in [0.15, 0.2) is 11.5 Å². The quantitative estimate of drug-likeness (QED) is 0.919. The van der Waals surface area contributed by atoms with Crippen molar-refractivity contribution >= 4 is 5.97 Å². The second-order valence-electron chi connectivity index (χ2n) is 4.54. The van der Waals surface area contributed by atoms with E-state index in [-0.39, 0.29) is 5.56 Å². The molecule has 0 aromatic heterocycles. The van der Waals surface area contributed by atoms with E-state index in [0.717, 1.165) is 11.1 Å². The van der Waals surface area contributed by atoms with Crippen LogP contribution < -0.4 is 9.47 Å². The fourth-order valence-electron chi connectivity index (χ4n) is 1.87. The van der Waals surface area contributed by atoms with E-state index >= 15 is 0 Å². The molecule has 0 amide bonds. The van der Waals surface area contributed by atoms with E-state index in [1.165, 1.54) is 6.07 Å². The maximum atomic E-state index is 10.9. The average Bonchev–Trinajstić information content (AvgIpc) is 2.42. The predicted octanol–water partition coefficient (Wildman–Crippen LogP) is 3.80. The normalized spacial score (nSPS) is 10.2. The van der Waals surface area contributed by atoms with E-state index in [1.807, 2.05) is 32.0 Å². The largest absolute Gasteiger partial charge is 0.493 e. The first-order valence-electron chi connectivity index (χ1n) is 6.17. The number of carboxylic acid groups (broad SMARTS) is 1. The standard InChI is InChI=1S/C16H16O4/c1-10-4-6-14(15(8-10)19-3)20-13-7-5-12(16(17)18)9-11(13)2/h4-9H,1-3H3,(H,17,18). The highest BCUT2D eigenvalue weighted by molar-refractivity contribution is 5.88. The van der Waals surface area contributed by atoms with Gasteiger partial charge in [0.1, 0.15) is 5.75 Å². The molecular formula is C16H16O4. The summed E-state index contributed by atoms with van der Waals surface area (Å²) >= 11 is 0. The van der Waals surface area contributed by atoms with Crippen molar-refractivity contribution < 1.29 is 19.4 Å². The Balaban J connectivity index is 2.33. The van der Waals surface area contributed by atoms with E-state index < -0.39 is 5.97 Å². The van der Waals surface area contributed by atoms with Crippen molar-refractivity contribution in [2.45, 2.75) is 13.8 Å². The zero-order chi connectivity index (χ0) is 14.7. The van der Waals surface area contributed by atoms with E-state index in [2.05, 4.69) is 0 Å². The highest BCUT2D eigenvalue weighted by atomic mass is 16.5. The van der Waals surface area contributed by atoms with Gasteiger partial charge >= 0.3 is 5.97 Å². The van der Waals surface area contributed by atoms with Gasteiger partial charge in [0.2, 0.25) is 0 Å². The number of hydrogen-bond acceptors (Lipinski definition) is 3. The van der Waals surface area contributed by atoms with Gasteiger partial charge in [-0.25, -0.2) is 4.79 Å². The molecule has 1 N–H and O–H groups in total. The van der Waals surface area contributed by atoms with Crippen LogP contribution in [0.3, 0.4) is 0 Å². The van der Waals surface area contributed by atoms with Crippen LogP contribution in [0.25, 0.3) is 0 Å². The maximum Gasteiger partial charge on any atom is 0.335 e. The molecular weight excluding hydrogens is 256 g/mol. The molecule has 0 radical (unpaired) electrons. The minimum Gasteiger partial charge on any atom is -0.493 e. The maximum absolute atomic E-state index is 10.9. The van der Waals surface area contributed by atoms with E-state index in [9.17, 15) is 4.79 Å². The topological polar surface area (TPSA) is 55.8 Å². The van der Waals surface area contributed by atoms with Crippen molar-refractivity contribution in [2.75, 3.05) is 7.11 Å². The Kier molecular flexibility index (Phi) is 3.94. The zero-order valence-electron chi connectivity index (χ0n) is 11.6. The molecule has 4 heteroatoms. The lowest BCUT2D eigenvalue weighted by Gasteiger charge is -2.13. The fourth-order valence-corrected chi connectivity index (χ4v) is 1.87. The summed E-state index contributed by atoms with van der Waals surface area (Å²) in [7, 11) is 1.59. The van der Waals surface area contributed by atoms with Crippen molar-refractivity contribution in [3.8, 4) is 17.2 Å². The second kappa shape index (κ2) is 5.65. The summed E-state index contributed by atoms with van der Waals surface area (Å²) < 4.78 is 11.1. The Labute approximate surface area is 117 Å². The zero-order valence-corrected chi connectivity index (χ0v) is 11.6. The number of methoxy groups -OCH3 is 1. The lowest BCUT2D eigenvalue weighted by Crippen LogP contribution is -1.98. The second-order valence-corrected chi connectivity index (χ2v) is 4.54. The number of aromatic carboxylic acids is 1. The van der Waals surface area contributed by atoms with Crippen LogP contribution in [0.15, 0.2) is 36.4 Å². The first-order chi connectivity index (χ1) is 9.51. The van der Waals surface area contributed by atoms with Crippen LogP contribution in [0.1, 0.15) is 21.5 Å². The number of rotatable bonds is 4. The molecule has 0 bridgehead atoms. The number of hydrogen-bond donors (Lipinski definition) is 1. The van der Waals surface area contributed by atoms with Crippen LogP contribution in [0.5, 0.6) is 17.2 Å². The molecule has 104 valence electrons. The molecule has 2 rings (SSSR count). The van der Waals surface area contributed by atoms with Gasteiger partial charge in [-0.1, -0.05) is 6.07 Å². The Hall–Kier alpha value is -2.49. The first kappa shape index (κ1) is 13.9. The number of benzene rings is 2. The van der Waals surface area contributed by atoms with Crippen molar-refractivity contribution in [3.05, 3.63) is 53.1 Å². The van der Waals surface area contributed by atoms with E-state index in [4.69, 9.17) is 14.6 Å². The van der Waals surface area contributed by atoms with Gasteiger partial charge in [-0.15, -0.1) is 0 Å². The van der Waals surface area contributed by atoms with Gasteiger partial charge in [-0.2, -0.15) is 0 Å². The molecule has 0 heterocycles. The molecule has 0 unspecified atom stereocenters. The first-order valence-corrected chi connectivity index (χ1v) is 6.17. The Morgan fingerprint density at radius 1 is 1.00 bits per heavy atom. The predicted molar refractivity (Wildman–Crippen MR) is 75.9 cm³/mol. The molecule has 2 aromatic carbocycles. The van der Waals surface area contributed by atoms with Crippen LogP contribution >= 0.6 is 0 Å². The van der Waals surface area contributed by atoms with Gasteiger partial charge in [0.25, 0.3) is 0 Å². The molecule has 0 spiro atoms. The van der Waals surface area contributed by atoms with Crippen LogP contribution in [-0.2, 0) is 0 Å². The Morgan fingerprint density at radius 2 is 1.70 bits per heavy atom. The highest BCUT2D eigenvalue weighted by Crippen LogP contribution is 2.33. The van der Waals surface area contributed by atoms with Gasteiger partial charge in [-0.05, 0) is 55.3 Å². The Morgan fingerprint density at radius 3 is 2.30 bits per heavy atom. The summed E-state index contributed by atoms with van der Waals surface area (Å²) in [6.45, 7) is 3.78. The van der Waals surface area contributed by atoms with Gasteiger partial charge in [0, 0.05) is 0 Å². The summed E-state index contributed by atoms with van der Waals surface area (Å²) in [5.74, 6) is 0.903. The number of aryl methyl sites for hydroxylation is 2. The lowest BCUT2D eigenvalue weighted by atomic mass is 10.1. The van der Waals surface area contributed by atoms with Crippen LogP contribution in [-0.4, -0.2) is 18.2 Å². The molecule has 2 aromatic rings. The smallest absolute Gasteiger partial charge is 0.335 e. The van der Waals surface area contributed by atoms with E-state index in [1.54, 1.807) is 19.2 Å². The van der Waals surface area contributed by atoms with Crippen LogP contribution in [0.2, 0.25) is 0 Å². The number of ether oxygens (including phenoxy) is 2. The van der Waals surface area contributed by atoms with Crippen LogP contribution in [0, 0.1) is 13.8 Å². The fraction of sp³-hybridized carbons (Fsp3) is 0.188. The molecule has 0 aliphatic rings. The average molecular weight is 272 g/mol. The minimum absolute atomic E-state index is 0.241. The van der Waals surface area contributed by atoms with Crippen molar-refractivity contribution in [1.29, 1.82) is 0 Å². The Bertz CT molecular complexity index is 647. The van der Waals surface area contributed by atoms with Gasteiger partial charge < -0.3 is 14.6 Å². The van der Waals surface area contributed by atoms with Crippen LogP contribution in [0.4, 0.5) is 0 Å². The van der Waals surface area contributed by atoms with Crippen molar-refractivity contribution in [3.63, 3.8) is 0 Å². The number of carboxylic acids is 1. The molecule has 0 aliphatic carbocycles. The van der Waals surface area contributed by atoms with Gasteiger partial charge in [-0.3, -0.25) is 0 Å². The van der Waals surface area contributed by atoms with Crippen molar-refractivity contribution in [2.24, 2.45) is 0 Å². The molecule has 20 heavy (non-hydrogen) atoms. The minimum atomic E-state index is -0.951. The third kappa shape index (κ3) is 2.91. The molecule has 0 saturated heterocycles. The van der Waals surface area contributed by atoms with Crippen molar-refractivity contribution in [1.82, 2.24) is 0 Å². The monoisotopic (exact) mass is 272 g/mol. The summed E-state index contributed by atoms with van der Waals surface area (Å²) in [4.78, 5) is 10.9. The summed E-state index contributed by atoms with van der Waals surface area (Å²) in [5.41, 5.74) is 2.07. The molecule has 0 atom stereocenters. The summed E-state index contributed by atoms with van der Waals surface area (Å²) in [6, 6.07) is 10.4. The third-order valence-corrected chi connectivity index (χ3v) is 2.96. The van der Waals surface area contributed by atoms with Gasteiger partial charge in [0.05, 0.1) is 12.7 Å². The highest BCUT2D eigenvalue weighted by Gasteiger charge is 2.10. The molecule has 4 nitrogen and oxygen atoms in total. The molecule has 0 fully saturated rings. The summed E-state index contributed by atoms with van der Waals surface area (Å²) in [5, 5.41) is 8.94. The number of carbonyl (C=O) groups is 1. The van der Waals surface area contributed by atoms with E-state index in [0.29, 0.717) is 17.2 Å². The lowest BCUT2D eigenvalue weighted by molar-refractivity contribution is 0.0697. The third-order valence-electron chi connectivity index (χ3n) is 2.96. The SMILES string of the molecule is COc1cc(C)ccc1Oc1ccc(C(=O)O)cc1C. The molecule has 0 aliphatic heterocycles.